The van der Waals surface area contributed by atoms with E-state index in [1.807, 2.05) is 24.3 Å². The van der Waals surface area contributed by atoms with E-state index in [2.05, 4.69) is 20.6 Å². The second-order valence-electron chi connectivity index (χ2n) is 4.54. The molecule has 0 aliphatic rings. The fraction of sp³-hybridized carbons (Fsp3) is 0.0667. The third-order valence-electron chi connectivity index (χ3n) is 3.05. The molecule has 0 atom stereocenters. The van der Waals surface area contributed by atoms with E-state index in [4.69, 9.17) is 0 Å². The molecular weight excluding hydrogens is 268 g/mol. The van der Waals surface area contributed by atoms with Crippen molar-refractivity contribution in [1.29, 1.82) is 0 Å². The Morgan fingerprint density at radius 2 is 1.90 bits per heavy atom. The molecular formula is C15H14N4O2. The van der Waals surface area contributed by atoms with Gasteiger partial charge in [-0.3, -0.25) is 5.32 Å². The molecule has 0 aliphatic carbocycles. The van der Waals surface area contributed by atoms with Gasteiger partial charge in [0.25, 0.3) is 0 Å². The van der Waals surface area contributed by atoms with Crippen molar-refractivity contribution in [2.24, 2.45) is 0 Å². The van der Waals surface area contributed by atoms with Crippen LogP contribution >= 0.6 is 0 Å². The standard InChI is InChI=1S/C15H14N4O2/c20-13-8-4-1-5-10(13)9-16-15(21)19-14-17-11-6-2-3-7-12(11)18-14/h1-8,20H,9H2,(H3,16,17,18,19,21). The van der Waals surface area contributed by atoms with Crippen LogP contribution in [0.5, 0.6) is 5.75 Å². The third kappa shape index (κ3) is 2.94. The second-order valence-corrected chi connectivity index (χ2v) is 4.54. The molecule has 1 aromatic heterocycles. The first-order valence-electron chi connectivity index (χ1n) is 6.49. The van der Waals surface area contributed by atoms with Gasteiger partial charge in [0.1, 0.15) is 5.75 Å². The number of anilines is 1. The molecule has 0 bridgehead atoms. The first kappa shape index (κ1) is 13.0. The van der Waals surface area contributed by atoms with Crippen molar-refractivity contribution in [2.45, 2.75) is 6.54 Å². The summed E-state index contributed by atoms with van der Waals surface area (Å²) in [7, 11) is 0. The molecule has 4 N–H and O–H groups in total. The molecule has 2 aromatic carbocycles. The quantitative estimate of drug-likeness (QED) is 0.595. The summed E-state index contributed by atoms with van der Waals surface area (Å²) >= 11 is 0. The summed E-state index contributed by atoms with van der Waals surface area (Å²) in [6.45, 7) is 0.235. The van der Waals surface area contributed by atoms with E-state index in [0.29, 0.717) is 11.5 Å². The Bertz CT molecular complexity index is 749. The minimum Gasteiger partial charge on any atom is -0.508 e. The summed E-state index contributed by atoms with van der Waals surface area (Å²) in [5.74, 6) is 0.535. The van der Waals surface area contributed by atoms with E-state index in [-0.39, 0.29) is 12.3 Å². The largest absolute Gasteiger partial charge is 0.508 e. The highest BCUT2D eigenvalue weighted by Crippen LogP contribution is 2.15. The number of imidazole rings is 1. The molecule has 0 radical (unpaired) electrons. The first-order chi connectivity index (χ1) is 10.2. The number of hydrogen-bond acceptors (Lipinski definition) is 3. The maximum atomic E-state index is 11.8. The zero-order valence-corrected chi connectivity index (χ0v) is 11.1. The average Bonchev–Trinajstić information content (AvgIpc) is 2.88. The van der Waals surface area contributed by atoms with Gasteiger partial charge < -0.3 is 15.4 Å². The molecule has 0 saturated heterocycles. The van der Waals surface area contributed by atoms with Gasteiger partial charge in [-0.2, -0.15) is 0 Å². The van der Waals surface area contributed by atoms with Crippen LogP contribution in [0.3, 0.4) is 0 Å². The molecule has 21 heavy (non-hydrogen) atoms. The molecule has 106 valence electrons. The number of hydrogen-bond donors (Lipinski definition) is 4. The first-order valence-corrected chi connectivity index (χ1v) is 6.49. The highest BCUT2D eigenvalue weighted by Gasteiger charge is 2.07. The lowest BCUT2D eigenvalue weighted by atomic mass is 10.2. The van der Waals surface area contributed by atoms with Crippen molar-refractivity contribution in [2.75, 3.05) is 5.32 Å². The van der Waals surface area contributed by atoms with Crippen LogP contribution in [0.4, 0.5) is 10.7 Å². The number of aromatic nitrogens is 2. The number of urea groups is 1. The zero-order chi connectivity index (χ0) is 14.7. The molecule has 3 rings (SSSR count). The van der Waals surface area contributed by atoms with E-state index in [1.54, 1.807) is 24.3 Å². The molecule has 1 heterocycles. The Balaban J connectivity index is 1.62. The predicted molar refractivity (Wildman–Crippen MR) is 80.1 cm³/mol. The van der Waals surface area contributed by atoms with Crippen molar-refractivity contribution in [3.63, 3.8) is 0 Å². The number of phenolic OH excluding ortho intramolecular Hbond substituents is 1. The monoisotopic (exact) mass is 282 g/mol. The normalized spacial score (nSPS) is 10.5. The highest BCUT2D eigenvalue weighted by atomic mass is 16.3. The number of aromatic amines is 1. The number of benzene rings is 2. The van der Waals surface area contributed by atoms with Crippen LogP contribution in [-0.4, -0.2) is 21.1 Å². The van der Waals surface area contributed by atoms with Gasteiger partial charge in [0, 0.05) is 12.1 Å². The van der Waals surface area contributed by atoms with Gasteiger partial charge in [0.15, 0.2) is 0 Å². The van der Waals surface area contributed by atoms with Crippen LogP contribution in [0.25, 0.3) is 11.0 Å². The van der Waals surface area contributed by atoms with E-state index >= 15 is 0 Å². The number of para-hydroxylation sites is 3. The van der Waals surface area contributed by atoms with E-state index < -0.39 is 6.03 Å². The zero-order valence-electron chi connectivity index (χ0n) is 11.1. The van der Waals surface area contributed by atoms with Crippen molar-refractivity contribution < 1.29 is 9.90 Å². The number of rotatable bonds is 3. The molecule has 0 fully saturated rings. The molecule has 2 amide bonds. The fourth-order valence-electron chi connectivity index (χ4n) is 2.00. The van der Waals surface area contributed by atoms with E-state index in [9.17, 15) is 9.90 Å². The molecule has 0 aliphatic heterocycles. The van der Waals surface area contributed by atoms with Crippen LogP contribution in [-0.2, 0) is 6.54 Å². The molecule has 6 nitrogen and oxygen atoms in total. The number of H-pyrrole nitrogens is 1. The number of nitrogens with zero attached hydrogens (tertiary/aromatic N) is 1. The van der Waals surface area contributed by atoms with Crippen LogP contribution in [0.2, 0.25) is 0 Å². The number of amides is 2. The summed E-state index contributed by atoms with van der Waals surface area (Å²) < 4.78 is 0. The lowest BCUT2D eigenvalue weighted by Crippen LogP contribution is -2.28. The predicted octanol–water partition coefficient (Wildman–Crippen LogP) is 2.59. The Kier molecular flexibility index (Phi) is 3.42. The lowest BCUT2D eigenvalue weighted by molar-refractivity contribution is 0.251. The number of aromatic hydroxyl groups is 1. The summed E-state index contributed by atoms with van der Waals surface area (Å²) in [4.78, 5) is 19.1. The Labute approximate surface area is 120 Å². The number of nitrogens with one attached hydrogen (secondary N) is 3. The van der Waals surface area contributed by atoms with E-state index in [0.717, 1.165) is 11.0 Å². The molecule has 0 saturated carbocycles. The Morgan fingerprint density at radius 3 is 2.71 bits per heavy atom. The second kappa shape index (κ2) is 5.54. The number of phenols is 1. The van der Waals surface area contributed by atoms with Crippen LogP contribution in [0.15, 0.2) is 48.5 Å². The van der Waals surface area contributed by atoms with Gasteiger partial charge in [-0.25, -0.2) is 9.78 Å². The molecule has 6 heteroatoms. The average molecular weight is 282 g/mol. The Morgan fingerprint density at radius 1 is 1.14 bits per heavy atom. The molecule has 0 unspecified atom stereocenters. The number of fused-ring (bicyclic) bond motifs is 1. The molecule has 0 spiro atoms. The van der Waals surface area contributed by atoms with Crippen molar-refractivity contribution in [3.8, 4) is 5.75 Å². The fourth-order valence-corrected chi connectivity index (χ4v) is 2.00. The summed E-state index contributed by atoms with van der Waals surface area (Å²) in [6.07, 6.45) is 0. The highest BCUT2D eigenvalue weighted by molar-refractivity contribution is 5.89. The van der Waals surface area contributed by atoms with Gasteiger partial charge in [-0.05, 0) is 18.2 Å². The smallest absolute Gasteiger partial charge is 0.321 e. The summed E-state index contributed by atoms with van der Waals surface area (Å²) in [5, 5.41) is 14.9. The minimum atomic E-state index is -0.391. The van der Waals surface area contributed by atoms with Crippen LogP contribution < -0.4 is 10.6 Å². The maximum Gasteiger partial charge on any atom is 0.321 e. The maximum absolute atomic E-state index is 11.8. The lowest BCUT2D eigenvalue weighted by Gasteiger charge is -2.06. The van der Waals surface area contributed by atoms with Gasteiger partial charge in [-0.1, -0.05) is 30.3 Å². The van der Waals surface area contributed by atoms with Gasteiger partial charge in [0.2, 0.25) is 5.95 Å². The third-order valence-corrected chi connectivity index (χ3v) is 3.05. The molecule has 3 aromatic rings. The van der Waals surface area contributed by atoms with Crippen molar-refractivity contribution in [1.82, 2.24) is 15.3 Å². The van der Waals surface area contributed by atoms with Crippen LogP contribution in [0, 0.1) is 0 Å². The van der Waals surface area contributed by atoms with Gasteiger partial charge in [0.05, 0.1) is 11.0 Å². The SMILES string of the molecule is O=C(NCc1ccccc1O)Nc1nc2ccccc2[nH]1. The van der Waals surface area contributed by atoms with Crippen LogP contribution in [0.1, 0.15) is 5.56 Å². The Hall–Kier alpha value is -3.02. The van der Waals surface area contributed by atoms with Crippen molar-refractivity contribution >= 4 is 23.0 Å². The van der Waals surface area contributed by atoms with Gasteiger partial charge in [-0.15, -0.1) is 0 Å². The van der Waals surface area contributed by atoms with Crippen molar-refractivity contribution in [3.05, 3.63) is 54.1 Å². The summed E-state index contributed by atoms with van der Waals surface area (Å²) in [6, 6.07) is 14.0. The number of carbonyl (C=O) groups excluding carboxylic acids is 1. The number of carbonyl (C=O) groups is 1. The van der Waals surface area contributed by atoms with Gasteiger partial charge >= 0.3 is 6.03 Å². The van der Waals surface area contributed by atoms with E-state index in [1.165, 1.54) is 0 Å². The summed E-state index contributed by atoms with van der Waals surface area (Å²) in [5.41, 5.74) is 2.29. The topological polar surface area (TPSA) is 90.0 Å². The minimum absolute atomic E-state index is 0.154.